The second-order valence-electron chi connectivity index (χ2n) is 4.00. The second-order valence-corrected chi connectivity index (χ2v) is 4.91. The van der Waals surface area contributed by atoms with E-state index in [2.05, 4.69) is 60.2 Å². The van der Waals surface area contributed by atoms with Crippen LogP contribution < -0.4 is 5.32 Å². The van der Waals surface area contributed by atoms with Gasteiger partial charge in [0.05, 0.1) is 0 Å². The molecule has 1 aromatic carbocycles. The number of nitrogens with one attached hydrogen (secondary N) is 1. The molecule has 0 heterocycles. The Kier molecular flexibility index (Phi) is 5.16. The molecule has 0 amide bonds. The van der Waals surface area contributed by atoms with Crippen molar-refractivity contribution in [2.75, 3.05) is 5.32 Å². The van der Waals surface area contributed by atoms with Crippen molar-refractivity contribution in [3.63, 3.8) is 0 Å². The number of hydrogen-bond acceptors (Lipinski definition) is 1. The third kappa shape index (κ3) is 3.86. The molecule has 84 valence electrons. The van der Waals surface area contributed by atoms with Gasteiger partial charge in [0, 0.05) is 16.2 Å². The normalized spacial score (nSPS) is 12.5. The molecule has 0 aliphatic heterocycles. The Labute approximate surface area is 101 Å². The summed E-state index contributed by atoms with van der Waals surface area (Å²) in [7, 11) is 0. The van der Waals surface area contributed by atoms with Crippen LogP contribution in [-0.4, -0.2) is 6.04 Å². The number of halogens is 1. The first-order chi connectivity index (χ1) is 7.17. The molecule has 1 nitrogen and oxygen atoms in total. The van der Waals surface area contributed by atoms with Crippen LogP contribution in [0.1, 0.15) is 38.7 Å². The Bertz CT molecular complexity index is 309. The molecule has 0 fully saturated rings. The highest BCUT2D eigenvalue weighted by atomic mass is 79.9. The van der Waals surface area contributed by atoms with Crippen LogP contribution >= 0.6 is 15.9 Å². The Morgan fingerprint density at radius 1 is 1.33 bits per heavy atom. The summed E-state index contributed by atoms with van der Waals surface area (Å²) in [6.07, 6.45) is 3.65. The fourth-order valence-electron chi connectivity index (χ4n) is 1.70. The predicted molar refractivity (Wildman–Crippen MR) is 71.5 cm³/mol. The summed E-state index contributed by atoms with van der Waals surface area (Å²) >= 11 is 3.51. The van der Waals surface area contributed by atoms with Gasteiger partial charge in [0.2, 0.25) is 0 Å². The first kappa shape index (κ1) is 12.6. The minimum atomic E-state index is 0.600. The number of hydrogen-bond donors (Lipinski definition) is 1. The smallest absolute Gasteiger partial charge is 0.0383 e. The highest BCUT2D eigenvalue weighted by Gasteiger charge is 2.06. The van der Waals surface area contributed by atoms with Crippen LogP contribution in [0.3, 0.4) is 0 Å². The second kappa shape index (κ2) is 6.16. The van der Waals surface area contributed by atoms with Crippen LogP contribution in [0.15, 0.2) is 22.7 Å². The molecule has 1 atom stereocenters. The van der Waals surface area contributed by atoms with Gasteiger partial charge < -0.3 is 5.32 Å². The predicted octanol–water partition coefficient (Wildman–Crippen LogP) is 4.75. The maximum absolute atomic E-state index is 3.61. The monoisotopic (exact) mass is 269 g/mol. The van der Waals surface area contributed by atoms with Gasteiger partial charge in [-0.05, 0) is 37.5 Å². The van der Waals surface area contributed by atoms with Crippen molar-refractivity contribution < 1.29 is 0 Å². The maximum Gasteiger partial charge on any atom is 0.0383 e. The van der Waals surface area contributed by atoms with Crippen molar-refractivity contribution >= 4 is 21.6 Å². The van der Waals surface area contributed by atoms with E-state index < -0.39 is 0 Å². The zero-order valence-corrected chi connectivity index (χ0v) is 11.4. The Morgan fingerprint density at radius 2 is 2.07 bits per heavy atom. The summed E-state index contributed by atoms with van der Waals surface area (Å²) in [5.74, 6) is 0. The fraction of sp³-hybridized carbons (Fsp3) is 0.538. The molecular weight excluding hydrogens is 250 g/mol. The Morgan fingerprint density at radius 3 is 2.67 bits per heavy atom. The molecule has 0 saturated heterocycles. The lowest BCUT2D eigenvalue weighted by Gasteiger charge is -2.19. The van der Waals surface area contributed by atoms with E-state index in [9.17, 15) is 0 Å². The van der Waals surface area contributed by atoms with E-state index in [1.807, 2.05) is 0 Å². The van der Waals surface area contributed by atoms with Crippen molar-refractivity contribution in [2.24, 2.45) is 0 Å². The number of benzene rings is 1. The van der Waals surface area contributed by atoms with Crippen LogP contribution in [0.5, 0.6) is 0 Å². The first-order valence-corrected chi connectivity index (χ1v) is 6.49. The van der Waals surface area contributed by atoms with E-state index in [0.29, 0.717) is 6.04 Å². The molecule has 0 saturated carbocycles. The lowest BCUT2D eigenvalue weighted by molar-refractivity contribution is 0.622. The maximum atomic E-state index is 3.61. The molecular formula is C13H20BrN. The summed E-state index contributed by atoms with van der Waals surface area (Å²) < 4.78 is 1.14. The molecule has 0 bridgehead atoms. The summed E-state index contributed by atoms with van der Waals surface area (Å²) in [5.41, 5.74) is 2.57. The van der Waals surface area contributed by atoms with Gasteiger partial charge in [-0.25, -0.2) is 0 Å². The average Bonchev–Trinajstić information content (AvgIpc) is 2.22. The topological polar surface area (TPSA) is 12.0 Å². The quantitative estimate of drug-likeness (QED) is 0.814. The van der Waals surface area contributed by atoms with Crippen LogP contribution in [0.4, 0.5) is 5.69 Å². The molecule has 2 heteroatoms. The lowest BCUT2D eigenvalue weighted by Crippen LogP contribution is -2.18. The molecule has 1 unspecified atom stereocenters. The highest BCUT2D eigenvalue weighted by molar-refractivity contribution is 9.10. The van der Waals surface area contributed by atoms with E-state index in [0.717, 1.165) is 4.47 Å². The van der Waals surface area contributed by atoms with Crippen molar-refractivity contribution in [1.82, 2.24) is 0 Å². The van der Waals surface area contributed by atoms with Crippen LogP contribution in [0.25, 0.3) is 0 Å². The highest BCUT2D eigenvalue weighted by Crippen LogP contribution is 2.22. The molecule has 0 aliphatic carbocycles. The van der Waals surface area contributed by atoms with Gasteiger partial charge in [0.1, 0.15) is 0 Å². The molecule has 1 N–H and O–H groups in total. The van der Waals surface area contributed by atoms with Gasteiger partial charge in [-0.3, -0.25) is 0 Å². The number of rotatable bonds is 5. The third-order valence-corrected chi connectivity index (χ3v) is 3.18. The largest absolute Gasteiger partial charge is 0.382 e. The van der Waals surface area contributed by atoms with E-state index in [1.165, 1.54) is 30.5 Å². The summed E-state index contributed by atoms with van der Waals surface area (Å²) in [6.45, 7) is 6.62. The average molecular weight is 270 g/mol. The molecule has 15 heavy (non-hydrogen) atoms. The third-order valence-electron chi connectivity index (χ3n) is 2.69. The Hall–Kier alpha value is -0.500. The van der Waals surface area contributed by atoms with Crippen LogP contribution in [-0.2, 0) is 0 Å². The van der Waals surface area contributed by atoms with Crippen molar-refractivity contribution in [3.05, 3.63) is 28.2 Å². The fourth-order valence-corrected chi connectivity index (χ4v) is 2.06. The molecule has 0 spiro atoms. The van der Waals surface area contributed by atoms with Gasteiger partial charge in [0.25, 0.3) is 0 Å². The van der Waals surface area contributed by atoms with Crippen LogP contribution in [0.2, 0.25) is 0 Å². The minimum absolute atomic E-state index is 0.600. The lowest BCUT2D eigenvalue weighted by atomic mass is 10.1. The molecule has 0 aromatic heterocycles. The molecule has 0 radical (unpaired) electrons. The minimum Gasteiger partial charge on any atom is -0.382 e. The van der Waals surface area contributed by atoms with E-state index in [-0.39, 0.29) is 0 Å². The molecule has 1 rings (SSSR count). The van der Waals surface area contributed by atoms with Gasteiger partial charge in [-0.1, -0.05) is 42.3 Å². The van der Waals surface area contributed by atoms with E-state index in [4.69, 9.17) is 0 Å². The standard InChI is InChI=1S/C13H20BrN/c1-4-6-12(5-2)15-13-9-11(14)8-7-10(13)3/h7-9,12,15H,4-6H2,1-3H3. The zero-order valence-electron chi connectivity index (χ0n) is 9.81. The number of aryl methyl sites for hydroxylation is 1. The van der Waals surface area contributed by atoms with Gasteiger partial charge in [0.15, 0.2) is 0 Å². The van der Waals surface area contributed by atoms with Crippen molar-refractivity contribution in [3.8, 4) is 0 Å². The van der Waals surface area contributed by atoms with Gasteiger partial charge >= 0.3 is 0 Å². The van der Waals surface area contributed by atoms with Crippen molar-refractivity contribution in [1.29, 1.82) is 0 Å². The molecule has 0 aliphatic rings. The van der Waals surface area contributed by atoms with Gasteiger partial charge in [-0.2, -0.15) is 0 Å². The number of anilines is 1. The summed E-state index contributed by atoms with van der Waals surface area (Å²) in [5, 5.41) is 3.61. The summed E-state index contributed by atoms with van der Waals surface area (Å²) in [6, 6.07) is 6.99. The van der Waals surface area contributed by atoms with E-state index >= 15 is 0 Å². The van der Waals surface area contributed by atoms with E-state index in [1.54, 1.807) is 0 Å². The zero-order chi connectivity index (χ0) is 11.3. The Balaban J connectivity index is 2.73. The van der Waals surface area contributed by atoms with Crippen molar-refractivity contribution in [2.45, 2.75) is 46.1 Å². The summed E-state index contributed by atoms with van der Waals surface area (Å²) in [4.78, 5) is 0. The first-order valence-electron chi connectivity index (χ1n) is 5.70. The molecule has 1 aromatic rings. The van der Waals surface area contributed by atoms with Crippen LogP contribution in [0, 0.1) is 6.92 Å². The SMILES string of the molecule is CCCC(CC)Nc1cc(Br)ccc1C. The van der Waals surface area contributed by atoms with Gasteiger partial charge in [-0.15, -0.1) is 0 Å².